The van der Waals surface area contributed by atoms with Gasteiger partial charge in [-0.2, -0.15) is 0 Å². The van der Waals surface area contributed by atoms with E-state index in [-0.39, 0.29) is 30.4 Å². The topological polar surface area (TPSA) is 102 Å². The van der Waals surface area contributed by atoms with Crippen molar-refractivity contribution in [3.63, 3.8) is 0 Å². The molecule has 4 rings (SSSR count). The maximum atomic E-state index is 12.9. The van der Waals surface area contributed by atoms with E-state index in [1.165, 1.54) is 11.3 Å². The molecule has 2 amide bonds. The predicted octanol–water partition coefficient (Wildman–Crippen LogP) is 3.20. The normalized spacial score (nSPS) is 17.3. The number of hydrogen-bond acceptors (Lipinski definition) is 7. The number of benzene rings is 1. The second-order valence-corrected chi connectivity index (χ2v) is 8.45. The van der Waals surface area contributed by atoms with Crippen molar-refractivity contribution in [3.05, 3.63) is 18.2 Å². The first kappa shape index (κ1) is 19.6. The zero-order valence-corrected chi connectivity index (χ0v) is 17.3. The number of fused-ring (bicyclic) bond motifs is 1. The molecule has 2 N–H and O–H groups in total. The van der Waals surface area contributed by atoms with Gasteiger partial charge in [0.05, 0.1) is 0 Å². The average Bonchev–Trinajstić information content (AvgIpc) is 3.32. The summed E-state index contributed by atoms with van der Waals surface area (Å²) in [6.07, 6.45) is 3.65. The van der Waals surface area contributed by atoms with E-state index in [0.29, 0.717) is 21.6 Å². The summed E-state index contributed by atoms with van der Waals surface area (Å²) in [5.41, 5.74) is 0.837. The van der Waals surface area contributed by atoms with Gasteiger partial charge in [0.1, 0.15) is 11.0 Å². The number of aromatic nitrogens is 2. The summed E-state index contributed by atoms with van der Waals surface area (Å²) >= 11 is 1.27. The molecular weight excluding hydrogens is 392 g/mol. The zero-order valence-electron chi connectivity index (χ0n) is 16.4. The number of anilines is 1. The molecule has 0 saturated heterocycles. The van der Waals surface area contributed by atoms with Crippen LogP contribution >= 0.6 is 11.3 Å². The lowest BCUT2D eigenvalue weighted by Crippen LogP contribution is -2.50. The van der Waals surface area contributed by atoms with Gasteiger partial charge in [-0.3, -0.25) is 14.9 Å². The lowest BCUT2D eigenvalue weighted by atomic mass is 9.84. The van der Waals surface area contributed by atoms with Crippen LogP contribution in [0.2, 0.25) is 0 Å². The molecule has 0 unspecified atom stereocenters. The standard InChI is InChI=1S/C20H24N4O4S/c1-3-11(2)16(21-17(25)12-5-4-6-12)18(26)22-20-24-23-19(29-20)13-7-8-14-15(9-13)28-10-27-14/h7-9,11-12,16H,3-6,10H2,1-2H3,(H,21,25)(H,22,24,26)/t11-,16-/m0/s1. The SMILES string of the molecule is CC[C@H](C)[C@H](NC(=O)C1CCC1)C(=O)Nc1nnc(-c2ccc3c(c2)OCO3)s1. The van der Waals surface area contributed by atoms with Gasteiger partial charge in [0.25, 0.3) is 0 Å². The summed E-state index contributed by atoms with van der Waals surface area (Å²) < 4.78 is 10.7. The van der Waals surface area contributed by atoms with Crippen molar-refractivity contribution >= 4 is 28.3 Å². The Kier molecular flexibility index (Phi) is 5.66. The second-order valence-electron chi connectivity index (χ2n) is 7.47. The van der Waals surface area contributed by atoms with E-state index in [9.17, 15) is 9.59 Å². The summed E-state index contributed by atoms with van der Waals surface area (Å²) in [7, 11) is 0. The Labute approximate surface area is 173 Å². The molecule has 2 aliphatic rings. The number of carbonyl (C=O) groups excluding carboxylic acids is 2. The minimum absolute atomic E-state index is 0.0141. The molecule has 2 aromatic rings. The molecule has 0 bridgehead atoms. The van der Waals surface area contributed by atoms with E-state index in [2.05, 4.69) is 20.8 Å². The minimum atomic E-state index is -0.592. The number of nitrogens with zero attached hydrogens (tertiary/aromatic N) is 2. The van der Waals surface area contributed by atoms with E-state index >= 15 is 0 Å². The van der Waals surface area contributed by atoms with Crippen molar-refractivity contribution in [2.24, 2.45) is 11.8 Å². The molecule has 2 heterocycles. The van der Waals surface area contributed by atoms with Crippen molar-refractivity contribution in [3.8, 4) is 22.1 Å². The Balaban J connectivity index is 1.44. The fraction of sp³-hybridized carbons (Fsp3) is 0.500. The lowest BCUT2D eigenvalue weighted by Gasteiger charge is -2.29. The highest BCUT2D eigenvalue weighted by atomic mass is 32.1. The highest BCUT2D eigenvalue weighted by molar-refractivity contribution is 7.18. The lowest BCUT2D eigenvalue weighted by molar-refractivity contribution is -0.132. The third-order valence-electron chi connectivity index (χ3n) is 5.54. The third kappa shape index (κ3) is 4.19. The van der Waals surface area contributed by atoms with Crippen LogP contribution in [0.1, 0.15) is 39.5 Å². The Bertz CT molecular complexity index is 912. The minimum Gasteiger partial charge on any atom is -0.454 e. The molecule has 154 valence electrons. The van der Waals surface area contributed by atoms with E-state index in [4.69, 9.17) is 9.47 Å². The molecular formula is C20H24N4O4S. The van der Waals surface area contributed by atoms with Gasteiger partial charge in [0.2, 0.25) is 23.7 Å². The van der Waals surface area contributed by atoms with Crippen LogP contribution in [0.15, 0.2) is 18.2 Å². The molecule has 2 atom stereocenters. The molecule has 8 nitrogen and oxygen atoms in total. The monoisotopic (exact) mass is 416 g/mol. The molecule has 1 saturated carbocycles. The van der Waals surface area contributed by atoms with Crippen molar-refractivity contribution in [2.45, 2.75) is 45.6 Å². The van der Waals surface area contributed by atoms with E-state index in [1.54, 1.807) is 0 Å². The predicted molar refractivity (Wildman–Crippen MR) is 109 cm³/mol. The zero-order chi connectivity index (χ0) is 20.4. The smallest absolute Gasteiger partial charge is 0.249 e. The summed E-state index contributed by atoms with van der Waals surface area (Å²) in [6.45, 7) is 4.17. The third-order valence-corrected chi connectivity index (χ3v) is 6.43. The summed E-state index contributed by atoms with van der Waals surface area (Å²) in [5.74, 6) is 1.12. The van der Waals surface area contributed by atoms with E-state index in [1.807, 2.05) is 32.0 Å². The number of carbonyl (C=O) groups is 2. The summed E-state index contributed by atoms with van der Waals surface area (Å²) in [4.78, 5) is 25.2. The Morgan fingerprint density at radius 2 is 2.03 bits per heavy atom. The Hall–Kier alpha value is -2.68. The fourth-order valence-electron chi connectivity index (χ4n) is 3.25. The fourth-order valence-corrected chi connectivity index (χ4v) is 3.99. The van der Waals surface area contributed by atoms with Crippen LogP contribution in [0.25, 0.3) is 10.6 Å². The van der Waals surface area contributed by atoms with Crippen LogP contribution in [0, 0.1) is 11.8 Å². The maximum Gasteiger partial charge on any atom is 0.249 e. The van der Waals surface area contributed by atoms with Crippen molar-refractivity contribution in [2.75, 3.05) is 12.1 Å². The van der Waals surface area contributed by atoms with Gasteiger partial charge >= 0.3 is 0 Å². The highest BCUT2D eigenvalue weighted by Gasteiger charge is 2.32. The van der Waals surface area contributed by atoms with Crippen LogP contribution in [0.3, 0.4) is 0 Å². The largest absolute Gasteiger partial charge is 0.454 e. The number of nitrogens with one attached hydrogen (secondary N) is 2. The maximum absolute atomic E-state index is 12.9. The number of hydrogen-bond donors (Lipinski definition) is 2. The van der Waals surface area contributed by atoms with Gasteiger partial charge in [0.15, 0.2) is 11.5 Å². The highest BCUT2D eigenvalue weighted by Crippen LogP contribution is 2.37. The van der Waals surface area contributed by atoms with Crippen LogP contribution < -0.4 is 20.1 Å². The van der Waals surface area contributed by atoms with Crippen LogP contribution in [0.4, 0.5) is 5.13 Å². The van der Waals surface area contributed by atoms with Gasteiger partial charge in [-0.25, -0.2) is 0 Å². The number of amides is 2. The Morgan fingerprint density at radius 3 is 2.76 bits per heavy atom. The van der Waals surface area contributed by atoms with Gasteiger partial charge in [-0.05, 0) is 37.0 Å². The first-order valence-corrected chi connectivity index (χ1v) is 10.7. The average molecular weight is 417 g/mol. The number of rotatable bonds is 7. The molecule has 29 heavy (non-hydrogen) atoms. The summed E-state index contributed by atoms with van der Waals surface area (Å²) in [5, 5.41) is 15.1. The molecule has 1 aromatic carbocycles. The van der Waals surface area contributed by atoms with Crippen molar-refractivity contribution in [1.29, 1.82) is 0 Å². The van der Waals surface area contributed by atoms with Gasteiger partial charge in [-0.15, -0.1) is 10.2 Å². The molecule has 0 radical (unpaired) electrons. The molecule has 1 aromatic heterocycles. The molecule has 9 heteroatoms. The molecule has 0 spiro atoms. The van der Waals surface area contributed by atoms with E-state index < -0.39 is 6.04 Å². The van der Waals surface area contributed by atoms with Crippen LogP contribution in [0.5, 0.6) is 11.5 Å². The number of ether oxygens (including phenoxy) is 2. The molecule has 1 aliphatic carbocycles. The van der Waals surface area contributed by atoms with Gasteiger partial charge in [0, 0.05) is 11.5 Å². The van der Waals surface area contributed by atoms with Crippen LogP contribution in [-0.2, 0) is 9.59 Å². The van der Waals surface area contributed by atoms with Gasteiger partial charge in [-0.1, -0.05) is 38.0 Å². The quantitative estimate of drug-likeness (QED) is 0.719. The van der Waals surface area contributed by atoms with Gasteiger partial charge < -0.3 is 14.8 Å². The first-order chi connectivity index (χ1) is 14.0. The molecule has 1 aliphatic heterocycles. The van der Waals surface area contributed by atoms with E-state index in [0.717, 1.165) is 31.2 Å². The Morgan fingerprint density at radius 1 is 1.24 bits per heavy atom. The first-order valence-electron chi connectivity index (χ1n) is 9.90. The van der Waals surface area contributed by atoms with Crippen molar-refractivity contribution in [1.82, 2.24) is 15.5 Å². The van der Waals surface area contributed by atoms with Crippen molar-refractivity contribution < 1.29 is 19.1 Å². The molecule has 1 fully saturated rings. The second kappa shape index (κ2) is 8.36. The summed E-state index contributed by atoms with van der Waals surface area (Å²) in [6, 6.07) is 4.95. The van der Waals surface area contributed by atoms with Crippen LogP contribution in [-0.4, -0.2) is 34.8 Å².